The van der Waals surface area contributed by atoms with Gasteiger partial charge in [-0.3, -0.25) is 0 Å². The number of aryl methyl sites for hydroxylation is 1. The van der Waals surface area contributed by atoms with Crippen molar-refractivity contribution in [1.82, 2.24) is 0 Å². The molecule has 0 N–H and O–H groups in total. The van der Waals surface area contributed by atoms with Gasteiger partial charge in [0.2, 0.25) is 0 Å². The van der Waals surface area contributed by atoms with E-state index in [1.165, 1.54) is 37.7 Å². The molecule has 0 aromatic heterocycles. The molecule has 1 aromatic rings. The summed E-state index contributed by atoms with van der Waals surface area (Å²) in [6.07, 6.45) is 6.26. The summed E-state index contributed by atoms with van der Waals surface area (Å²) < 4.78 is 2.68. The van der Waals surface area contributed by atoms with Crippen molar-refractivity contribution in [3.63, 3.8) is 0 Å². The first-order valence-electron chi connectivity index (χ1n) is 5.51. The Morgan fingerprint density at radius 3 is 2.47 bits per heavy atom. The Balaban J connectivity index is 2.00. The predicted molar refractivity (Wildman–Crippen MR) is 66.7 cm³/mol. The Morgan fingerprint density at radius 2 is 1.73 bits per heavy atom. The quantitative estimate of drug-likeness (QED) is 0.409. The van der Waals surface area contributed by atoms with Gasteiger partial charge in [0, 0.05) is 0 Å². The molecule has 1 rings (SSSR count). The Bertz CT molecular complexity index is 302. The molecule has 0 unspecified atom stereocenters. The monoisotopic (exact) mass is 267 g/mol. The summed E-state index contributed by atoms with van der Waals surface area (Å²) in [5.41, 5.74) is 1.45. The minimum atomic E-state index is 0.915. The van der Waals surface area contributed by atoms with Crippen LogP contribution >= 0.6 is 0 Å². The van der Waals surface area contributed by atoms with Crippen molar-refractivity contribution in [2.24, 2.45) is 4.99 Å². The molecule has 0 atom stereocenters. The Labute approximate surface area is 100.0 Å². The zero-order chi connectivity index (χ0) is 10.8. The van der Waals surface area contributed by atoms with Gasteiger partial charge in [0.15, 0.2) is 0 Å². The fourth-order valence-corrected chi connectivity index (χ4v) is 1.76. The number of rotatable bonds is 7. The second kappa shape index (κ2) is 8.61. The third-order valence-corrected chi connectivity index (χ3v) is 2.66. The van der Waals surface area contributed by atoms with E-state index >= 15 is 0 Å². The van der Waals surface area contributed by atoms with Crippen molar-refractivity contribution < 1.29 is 0 Å². The molecule has 0 heterocycles. The average molecular weight is 266 g/mol. The fourth-order valence-electron chi connectivity index (χ4n) is 1.56. The molecule has 15 heavy (non-hydrogen) atoms. The maximum absolute atomic E-state index is 4.02. The second-order valence-corrected chi connectivity index (χ2v) is 4.01. The van der Waals surface area contributed by atoms with Gasteiger partial charge in [0.05, 0.1) is 0 Å². The molecule has 0 radical (unpaired) electrons. The van der Waals surface area contributed by atoms with Crippen molar-refractivity contribution >= 4 is 20.3 Å². The molecule has 0 aliphatic heterocycles. The zero-order valence-corrected chi connectivity index (χ0v) is 10.7. The SMILES string of the molecule is [Se]=C=NCCCCCCc1ccccc1. The van der Waals surface area contributed by atoms with Crippen LogP contribution in [0.5, 0.6) is 0 Å². The first-order chi connectivity index (χ1) is 7.43. The van der Waals surface area contributed by atoms with Gasteiger partial charge in [-0.15, -0.1) is 0 Å². The molecule has 0 aliphatic rings. The van der Waals surface area contributed by atoms with E-state index in [0.29, 0.717) is 0 Å². The van der Waals surface area contributed by atoms with E-state index in [9.17, 15) is 0 Å². The summed E-state index contributed by atoms with van der Waals surface area (Å²) in [5, 5.41) is 0. The van der Waals surface area contributed by atoms with E-state index in [1.807, 2.05) is 0 Å². The standard InChI is InChI=1S/C13H17NSe/c15-12-14-11-7-2-1-4-8-13-9-5-3-6-10-13/h3,5-6,9-10H,1-2,4,7-8,11H2. The molecule has 80 valence electrons. The van der Waals surface area contributed by atoms with Gasteiger partial charge in [0.25, 0.3) is 0 Å². The third-order valence-electron chi connectivity index (χ3n) is 2.39. The van der Waals surface area contributed by atoms with E-state index in [-0.39, 0.29) is 0 Å². The second-order valence-electron chi connectivity index (χ2n) is 3.62. The summed E-state index contributed by atoms with van der Waals surface area (Å²) in [6, 6.07) is 10.7. The normalized spacial score (nSPS) is 9.60. The number of hydrogen-bond donors (Lipinski definition) is 0. The number of unbranched alkanes of at least 4 members (excludes halogenated alkanes) is 3. The van der Waals surface area contributed by atoms with Crippen LogP contribution in [0.15, 0.2) is 35.3 Å². The van der Waals surface area contributed by atoms with Gasteiger partial charge >= 0.3 is 99.8 Å². The molecular formula is C13H17NSe. The molecule has 0 fully saturated rings. The van der Waals surface area contributed by atoms with E-state index < -0.39 is 0 Å². The maximum atomic E-state index is 4.02. The molecule has 0 saturated carbocycles. The van der Waals surface area contributed by atoms with Crippen molar-refractivity contribution in [2.45, 2.75) is 32.1 Å². The third kappa shape index (κ3) is 6.41. The van der Waals surface area contributed by atoms with E-state index in [4.69, 9.17) is 0 Å². The van der Waals surface area contributed by atoms with Gasteiger partial charge in [-0.25, -0.2) is 0 Å². The predicted octanol–water partition coefficient (Wildman–Crippen LogP) is 2.86. The van der Waals surface area contributed by atoms with Crippen molar-refractivity contribution in [1.29, 1.82) is 0 Å². The van der Waals surface area contributed by atoms with Crippen LogP contribution in [0.1, 0.15) is 31.2 Å². The number of benzene rings is 1. The summed E-state index contributed by atoms with van der Waals surface area (Å²) >= 11 is 2.65. The minimum absolute atomic E-state index is 0.915. The van der Waals surface area contributed by atoms with Crippen LogP contribution in [0, 0.1) is 0 Å². The van der Waals surface area contributed by atoms with Crippen molar-refractivity contribution in [2.75, 3.05) is 6.54 Å². The van der Waals surface area contributed by atoms with E-state index in [0.717, 1.165) is 6.54 Å². The summed E-state index contributed by atoms with van der Waals surface area (Å²) in [4.78, 5) is 4.02. The Hall–Kier alpha value is -0.681. The Morgan fingerprint density at radius 1 is 1.00 bits per heavy atom. The van der Waals surface area contributed by atoms with Crippen molar-refractivity contribution in [3.8, 4) is 0 Å². The van der Waals surface area contributed by atoms with Crippen LogP contribution in [0.4, 0.5) is 0 Å². The van der Waals surface area contributed by atoms with Gasteiger partial charge < -0.3 is 0 Å². The molecule has 0 amide bonds. The fraction of sp³-hybridized carbons (Fsp3) is 0.462. The molecular weight excluding hydrogens is 249 g/mol. The number of hydrogen-bond acceptors (Lipinski definition) is 1. The van der Waals surface area contributed by atoms with Gasteiger partial charge in [-0.1, -0.05) is 0 Å². The van der Waals surface area contributed by atoms with Crippen LogP contribution in [-0.4, -0.2) is 26.8 Å². The van der Waals surface area contributed by atoms with Crippen LogP contribution in [0.3, 0.4) is 0 Å². The molecule has 0 bridgehead atoms. The first-order valence-corrected chi connectivity index (χ1v) is 6.36. The van der Waals surface area contributed by atoms with Gasteiger partial charge in [-0.05, 0) is 0 Å². The average Bonchev–Trinajstić information content (AvgIpc) is 2.29. The summed E-state index contributed by atoms with van der Waals surface area (Å²) in [5.74, 6) is 0. The van der Waals surface area contributed by atoms with E-state index in [2.05, 4.69) is 55.6 Å². The van der Waals surface area contributed by atoms with Crippen LogP contribution in [0.2, 0.25) is 0 Å². The zero-order valence-electron chi connectivity index (χ0n) is 8.98. The molecule has 0 spiro atoms. The molecule has 1 nitrogen and oxygen atoms in total. The first kappa shape index (κ1) is 12.4. The summed E-state index contributed by atoms with van der Waals surface area (Å²) in [6.45, 7) is 0.915. The number of aliphatic imine (C=N–C) groups is 1. The van der Waals surface area contributed by atoms with Crippen LogP contribution in [-0.2, 0) is 6.42 Å². The Kier molecular flexibility index (Phi) is 7.11. The van der Waals surface area contributed by atoms with Crippen LogP contribution in [0.25, 0.3) is 0 Å². The number of nitrogens with zero attached hydrogens (tertiary/aromatic N) is 1. The van der Waals surface area contributed by atoms with E-state index in [1.54, 1.807) is 0 Å². The molecule has 0 saturated heterocycles. The molecule has 2 heteroatoms. The molecule has 0 aliphatic carbocycles. The molecule has 1 aromatic carbocycles. The topological polar surface area (TPSA) is 12.4 Å². The van der Waals surface area contributed by atoms with Gasteiger partial charge in [-0.2, -0.15) is 0 Å². The van der Waals surface area contributed by atoms with Crippen molar-refractivity contribution in [3.05, 3.63) is 35.9 Å². The summed E-state index contributed by atoms with van der Waals surface area (Å²) in [7, 11) is 0. The van der Waals surface area contributed by atoms with Crippen LogP contribution < -0.4 is 0 Å². The van der Waals surface area contributed by atoms with Gasteiger partial charge in [0.1, 0.15) is 0 Å².